The Kier molecular flexibility index (Phi) is 5.88. The maximum absolute atomic E-state index is 12.9. The van der Waals surface area contributed by atoms with Crippen LogP contribution in [0.4, 0.5) is 0 Å². The van der Waals surface area contributed by atoms with Crippen LogP contribution in [0.15, 0.2) is 28.9 Å². The number of carbonyl (C=O) groups is 1. The van der Waals surface area contributed by atoms with Gasteiger partial charge >= 0.3 is 0 Å². The Hall–Kier alpha value is -3.43. The predicted molar refractivity (Wildman–Crippen MR) is 111 cm³/mol. The van der Waals surface area contributed by atoms with Gasteiger partial charge in [0.15, 0.2) is 23.0 Å². The normalized spacial score (nSPS) is 14.8. The van der Waals surface area contributed by atoms with Crippen molar-refractivity contribution in [1.29, 1.82) is 0 Å². The van der Waals surface area contributed by atoms with Crippen LogP contribution in [0.2, 0.25) is 0 Å². The Balaban J connectivity index is 1.40. The molecule has 0 aliphatic carbocycles. The topological polar surface area (TPSA) is 108 Å². The minimum Gasteiger partial charge on any atom is -0.493 e. The molecule has 4 rings (SSSR count). The van der Waals surface area contributed by atoms with Crippen molar-refractivity contribution >= 4 is 5.91 Å². The number of carbonyl (C=O) groups excluding carboxylic acids is 1. The molecule has 2 aromatic heterocycles. The summed E-state index contributed by atoms with van der Waals surface area (Å²) in [6.45, 7) is 5.27. The van der Waals surface area contributed by atoms with Gasteiger partial charge < -0.3 is 18.9 Å². The van der Waals surface area contributed by atoms with Crippen molar-refractivity contribution in [3.63, 3.8) is 0 Å². The number of hydrogen-bond donors (Lipinski definition) is 0. The maximum Gasteiger partial charge on any atom is 0.280 e. The highest BCUT2D eigenvalue weighted by Crippen LogP contribution is 2.29. The lowest BCUT2D eigenvalue weighted by molar-refractivity contribution is 0.0689. The molecule has 164 valence electrons. The first kappa shape index (κ1) is 20.8. The van der Waals surface area contributed by atoms with E-state index in [-0.39, 0.29) is 17.9 Å². The highest BCUT2D eigenvalue weighted by Gasteiger charge is 2.26. The van der Waals surface area contributed by atoms with E-state index in [0.29, 0.717) is 47.6 Å². The Morgan fingerprint density at radius 2 is 1.90 bits per heavy atom. The second-order valence-corrected chi connectivity index (χ2v) is 7.79. The number of likely N-dealkylation sites (tertiary alicyclic amines) is 1. The molecule has 1 amide bonds. The van der Waals surface area contributed by atoms with Gasteiger partial charge in [-0.2, -0.15) is 4.98 Å². The fourth-order valence-corrected chi connectivity index (χ4v) is 3.61. The van der Waals surface area contributed by atoms with Crippen LogP contribution in [-0.2, 0) is 0 Å². The molecule has 3 heterocycles. The average Bonchev–Trinajstić information content (AvgIpc) is 3.48. The molecule has 1 aliphatic heterocycles. The molecule has 10 heteroatoms. The lowest BCUT2D eigenvalue weighted by Crippen LogP contribution is -2.39. The average molecular weight is 426 g/mol. The summed E-state index contributed by atoms with van der Waals surface area (Å²) < 4.78 is 17.7. The van der Waals surface area contributed by atoms with Crippen molar-refractivity contribution in [3.8, 4) is 23.1 Å². The van der Waals surface area contributed by atoms with Gasteiger partial charge in [0.1, 0.15) is 0 Å². The number of hydrogen-bond acceptors (Lipinski definition) is 8. The SMILES string of the molecule is COc1ccc(C(=O)N2CCC(n3cc(-c4nc(C(C)C)no4)nn3)CC2)cc1OC. The van der Waals surface area contributed by atoms with E-state index >= 15 is 0 Å². The largest absolute Gasteiger partial charge is 0.493 e. The van der Waals surface area contributed by atoms with E-state index in [1.54, 1.807) is 32.4 Å². The van der Waals surface area contributed by atoms with Gasteiger partial charge in [0, 0.05) is 24.6 Å². The van der Waals surface area contributed by atoms with E-state index in [1.807, 2.05) is 29.6 Å². The summed E-state index contributed by atoms with van der Waals surface area (Å²) in [7, 11) is 3.13. The van der Waals surface area contributed by atoms with Gasteiger partial charge in [-0.3, -0.25) is 4.79 Å². The first-order valence-electron chi connectivity index (χ1n) is 10.3. The van der Waals surface area contributed by atoms with Gasteiger partial charge in [0.2, 0.25) is 0 Å². The zero-order chi connectivity index (χ0) is 22.0. The van der Waals surface area contributed by atoms with Crippen LogP contribution >= 0.6 is 0 Å². The van der Waals surface area contributed by atoms with Gasteiger partial charge in [-0.1, -0.05) is 24.2 Å². The first-order chi connectivity index (χ1) is 15.0. The lowest BCUT2D eigenvalue weighted by Gasteiger charge is -2.32. The van der Waals surface area contributed by atoms with Crippen molar-refractivity contribution in [2.75, 3.05) is 27.3 Å². The van der Waals surface area contributed by atoms with Crippen molar-refractivity contribution in [3.05, 3.63) is 35.8 Å². The molecule has 0 radical (unpaired) electrons. The van der Waals surface area contributed by atoms with Crippen molar-refractivity contribution in [2.45, 2.75) is 38.6 Å². The second-order valence-electron chi connectivity index (χ2n) is 7.79. The minimum absolute atomic E-state index is 0.0224. The highest BCUT2D eigenvalue weighted by atomic mass is 16.5. The van der Waals surface area contributed by atoms with E-state index in [9.17, 15) is 4.79 Å². The van der Waals surface area contributed by atoms with Gasteiger partial charge in [-0.25, -0.2) is 4.68 Å². The standard InChI is InChI=1S/C21H26N6O4/c1-13(2)19-22-20(31-24-19)16-12-27(25-23-16)15-7-9-26(10-8-15)21(28)14-5-6-17(29-3)18(11-14)30-4/h5-6,11-13,15H,7-10H2,1-4H3. The van der Waals surface area contributed by atoms with Gasteiger partial charge in [-0.15, -0.1) is 5.10 Å². The number of methoxy groups -OCH3 is 2. The van der Waals surface area contributed by atoms with Crippen molar-refractivity contribution in [1.82, 2.24) is 30.0 Å². The highest BCUT2D eigenvalue weighted by molar-refractivity contribution is 5.95. The van der Waals surface area contributed by atoms with Crippen LogP contribution in [-0.4, -0.2) is 63.3 Å². The first-order valence-corrected chi connectivity index (χ1v) is 10.3. The molecule has 10 nitrogen and oxygen atoms in total. The molecule has 3 aromatic rings. The molecule has 0 unspecified atom stereocenters. The van der Waals surface area contributed by atoms with E-state index in [2.05, 4.69) is 20.5 Å². The summed E-state index contributed by atoms with van der Waals surface area (Å²) in [6.07, 6.45) is 3.39. The van der Waals surface area contributed by atoms with Gasteiger partial charge in [0.25, 0.3) is 11.8 Å². The molecule has 0 atom stereocenters. The number of aromatic nitrogens is 5. The fraction of sp³-hybridized carbons (Fsp3) is 0.476. The molecule has 1 aliphatic rings. The Morgan fingerprint density at radius 1 is 1.16 bits per heavy atom. The van der Waals surface area contributed by atoms with E-state index < -0.39 is 0 Å². The fourth-order valence-electron chi connectivity index (χ4n) is 3.61. The van der Waals surface area contributed by atoms with Crippen molar-refractivity contribution in [2.24, 2.45) is 0 Å². The number of nitrogens with zero attached hydrogens (tertiary/aromatic N) is 6. The number of amides is 1. The zero-order valence-corrected chi connectivity index (χ0v) is 18.1. The lowest BCUT2D eigenvalue weighted by atomic mass is 10.0. The third kappa shape index (κ3) is 4.23. The minimum atomic E-state index is -0.0224. The van der Waals surface area contributed by atoms with E-state index in [4.69, 9.17) is 14.0 Å². The molecule has 0 bridgehead atoms. The summed E-state index contributed by atoms with van der Waals surface area (Å²) in [6, 6.07) is 5.38. The molecule has 0 N–H and O–H groups in total. The van der Waals surface area contributed by atoms with E-state index in [0.717, 1.165) is 12.8 Å². The molecule has 0 spiro atoms. The van der Waals surface area contributed by atoms with Gasteiger partial charge in [-0.05, 0) is 31.0 Å². The van der Waals surface area contributed by atoms with Crippen LogP contribution in [0, 0.1) is 0 Å². The number of piperidine rings is 1. The van der Waals surface area contributed by atoms with Crippen LogP contribution in [0.25, 0.3) is 11.6 Å². The quantitative estimate of drug-likeness (QED) is 0.592. The summed E-state index contributed by atoms with van der Waals surface area (Å²) in [5.74, 6) is 2.31. The van der Waals surface area contributed by atoms with Gasteiger partial charge in [0.05, 0.1) is 26.5 Å². The second kappa shape index (κ2) is 8.75. The number of ether oxygens (including phenoxy) is 2. The molecule has 31 heavy (non-hydrogen) atoms. The molecule has 1 saturated heterocycles. The Bertz CT molecular complexity index is 1050. The third-order valence-corrected chi connectivity index (χ3v) is 5.44. The van der Waals surface area contributed by atoms with Crippen LogP contribution < -0.4 is 9.47 Å². The van der Waals surface area contributed by atoms with E-state index in [1.165, 1.54) is 0 Å². The number of benzene rings is 1. The predicted octanol–water partition coefficient (Wildman–Crippen LogP) is 2.95. The summed E-state index contributed by atoms with van der Waals surface area (Å²) in [5.41, 5.74) is 1.14. The molecule has 1 fully saturated rings. The summed E-state index contributed by atoms with van der Waals surface area (Å²) in [5, 5.41) is 12.4. The molecule has 0 saturated carbocycles. The van der Waals surface area contributed by atoms with Crippen LogP contribution in [0.1, 0.15) is 54.8 Å². The zero-order valence-electron chi connectivity index (χ0n) is 18.1. The molecule has 1 aromatic carbocycles. The Labute approximate surface area is 180 Å². The Morgan fingerprint density at radius 3 is 2.55 bits per heavy atom. The maximum atomic E-state index is 12.9. The summed E-state index contributed by atoms with van der Waals surface area (Å²) >= 11 is 0. The van der Waals surface area contributed by atoms with Crippen LogP contribution in [0.3, 0.4) is 0 Å². The molecular weight excluding hydrogens is 400 g/mol. The molecular formula is C21H26N6O4. The smallest absolute Gasteiger partial charge is 0.280 e. The van der Waals surface area contributed by atoms with Crippen LogP contribution in [0.5, 0.6) is 11.5 Å². The third-order valence-electron chi connectivity index (χ3n) is 5.44. The number of rotatable bonds is 6. The summed E-state index contributed by atoms with van der Waals surface area (Å²) in [4.78, 5) is 19.1. The monoisotopic (exact) mass is 426 g/mol. The van der Waals surface area contributed by atoms with Crippen molar-refractivity contribution < 1.29 is 18.8 Å².